The third kappa shape index (κ3) is 4.16. The van der Waals surface area contributed by atoms with E-state index in [-0.39, 0.29) is 12.3 Å². The molecule has 0 unspecified atom stereocenters. The number of hydrogen-bond acceptors (Lipinski definition) is 5. The van der Waals surface area contributed by atoms with Crippen molar-refractivity contribution in [2.45, 2.75) is 13.8 Å². The Kier molecular flexibility index (Phi) is 5.96. The van der Waals surface area contributed by atoms with Gasteiger partial charge in [0.15, 0.2) is 5.82 Å². The maximum absolute atomic E-state index is 12.4. The Balaban J connectivity index is 1.77. The molecule has 144 valence electrons. The van der Waals surface area contributed by atoms with Crippen LogP contribution < -0.4 is 5.32 Å². The fourth-order valence-electron chi connectivity index (χ4n) is 2.53. The van der Waals surface area contributed by atoms with Crippen molar-refractivity contribution in [3.8, 4) is 11.3 Å². The third-order valence-corrected chi connectivity index (χ3v) is 4.69. The summed E-state index contributed by atoms with van der Waals surface area (Å²) in [6.07, 6.45) is 0. The molecule has 2 N–H and O–H groups in total. The van der Waals surface area contributed by atoms with E-state index in [0.29, 0.717) is 38.4 Å². The SMILES string of the molecule is CCOC(=O)c1ccc(C(=O)Nc2cc(-c3cccc(Cl)c3Cl)[nH]n2)nc1C. The number of carbonyl (C=O) groups is 2. The molecule has 3 aromatic rings. The van der Waals surface area contributed by atoms with Crippen LogP contribution in [0.5, 0.6) is 0 Å². The first-order chi connectivity index (χ1) is 13.4. The number of benzene rings is 1. The van der Waals surface area contributed by atoms with Gasteiger partial charge in [-0.15, -0.1) is 0 Å². The Bertz CT molecular complexity index is 1050. The Morgan fingerprint density at radius 3 is 2.71 bits per heavy atom. The molecule has 0 aliphatic rings. The molecule has 1 aromatic carbocycles. The van der Waals surface area contributed by atoms with E-state index in [9.17, 15) is 9.59 Å². The van der Waals surface area contributed by atoms with Gasteiger partial charge in [0.2, 0.25) is 0 Å². The summed E-state index contributed by atoms with van der Waals surface area (Å²) in [5, 5.41) is 10.3. The Morgan fingerprint density at radius 1 is 1.21 bits per heavy atom. The summed E-state index contributed by atoms with van der Waals surface area (Å²) < 4.78 is 4.95. The molecule has 0 spiro atoms. The van der Waals surface area contributed by atoms with Crippen molar-refractivity contribution in [2.24, 2.45) is 0 Å². The second-order valence-corrected chi connectivity index (χ2v) is 6.56. The molecular weight excluding hydrogens is 403 g/mol. The number of H-pyrrole nitrogens is 1. The number of ether oxygens (including phenoxy) is 1. The maximum atomic E-state index is 12.4. The lowest BCUT2D eigenvalue weighted by molar-refractivity contribution is 0.0524. The maximum Gasteiger partial charge on any atom is 0.339 e. The van der Waals surface area contributed by atoms with Gasteiger partial charge in [-0.05, 0) is 32.0 Å². The highest BCUT2D eigenvalue weighted by molar-refractivity contribution is 6.43. The van der Waals surface area contributed by atoms with E-state index in [4.69, 9.17) is 27.9 Å². The minimum atomic E-state index is -0.477. The van der Waals surface area contributed by atoms with Crippen LogP contribution in [0.2, 0.25) is 10.0 Å². The van der Waals surface area contributed by atoms with Crippen molar-refractivity contribution in [3.05, 3.63) is 63.4 Å². The molecule has 0 saturated carbocycles. The van der Waals surface area contributed by atoms with Gasteiger partial charge in [-0.1, -0.05) is 35.3 Å². The number of anilines is 1. The fourth-order valence-corrected chi connectivity index (χ4v) is 2.93. The predicted molar refractivity (Wildman–Crippen MR) is 107 cm³/mol. The van der Waals surface area contributed by atoms with E-state index < -0.39 is 11.9 Å². The monoisotopic (exact) mass is 418 g/mol. The molecule has 3 rings (SSSR count). The predicted octanol–water partition coefficient (Wildman–Crippen LogP) is 4.52. The molecule has 7 nitrogen and oxygen atoms in total. The van der Waals surface area contributed by atoms with Crippen LogP contribution in [0.3, 0.4) is 0 Å². The second-order valence-electron chi connectivity index (χ2n) is 5.77. The molecule has 0 saturated heterocycles. The Labute approximate surface area is 171 Å². The minimum absolute atomic E-state index is 0.149. The fraction of sp³-hybridized carbons (Fsp3) is 0.158. The zero-order valence-corrected chi connectivity index (χ0v) is 16.6. The van der Waals surface area contributed by atoms with Gasteiger partial charge in [0, 0.05) is 11.6 Å². The smallest absolute Gasteiger partial charge is 0.339 e. The molecule has 9 heteroatoms. The lowest BCUT2D eigenvalue weighted by Crippen LogP contribution is -2.16. The molecule has 0 bridgehead atoms. The highest BCUT2D eigenvalue weighted by Crippen LogP contribution is 2.33. The summed E-state index contributed by atoms with van der Waals surface area (Å²) in [6.45, 7) is 3.62. The van der Waals surface area contributed by atoms with Crippen molar-refractivity contribution in [1.29, 1.82) is 0 Å². The average molecular weight is 419 g/mol. The number of aromatic nitrogens is 3. The van der Waals surface area contributed by atoms with Gasteiger partial charge in [0.05, 0.1) is 33.6 Å². The van der Waals surface area contributed by atoms with Gasteiger partial charge in [0.25, 0.3) is 5.91 Å². The van der Waals surface area contributed by atoms with E-state index in [2.05, 4.69) is 20.5 Å². The van der Waals surface area contributed by atoms with Crippen molar-refractivity contribution >= 4 is 40.9 Å². The molecule has 0 atom stereocenters. The molecular formula is C19H16Cl2N4O3. The van der Waals surface area contributed by atoms with Crippen LogP contribution in [0.15, 0.2) is 36.4 Å². The quantitative estimate of drug-likeness (QED) is 0.593. The number of pyridine rings is 1. The summed E-state index contributed by atoms with van der Waals surface area (Å²) in [5.74, 6) is -0.645. The second kappa shape index (κ2) is 8.41. The summed E-state index contributed by atoms with van der Waals surface area (Å²) in [6, 6.07) is 9.83. The average Bonchev–Trinajstić information content (AvgIpc) is 3.12. The number of nitrogens with one attached hydrogen (secondary N) is 2. The largest absolute Gasteiger partial charge is 0.462 e. The minimum Gasteiger partial charge on any atom is -0.462 e. The first kappa shape index (κ1) is 19.9. The van der Waals surface area contributed by atoms with Crippen molar-refractivity contribution in [2.75, 3.05) is 11.9 Å². The van der Waals surface area contributed by atoms with Gasteiger partial charge >= 0.3 is 5.97 Å². The number of carbonyl (C=O) groups excluding carboxylic acids is 2. The van der Waals surface area contributed by atoms with Gasteiger partial charge in [-0.2, -0.15) is 5.10 Å². The first-order valence-corrected chi connectivity index (χ1v) is 9.12. The zero-order valence-electron chi connectivity index (χ0n) is 15.0. The van der Waals surface area contributed by atoms with E-state index >= 15 is 0 Å². The molecule has 0 fully saturated rings. The number of amides is 1. The number of aromatic amines is 1. The van der Waals surface area contributed by atoms with Gasteiger partial charge in [-0.3, -0.25) is 9.89 Å². The van der Waals surface area contributed by atoms with E-state index in [1.165, 1.54) is 12.1 Å². The molecule has 0 aliphatic carbocycles. The number of rotatable bonds is 5. The standard InChI is InChI=1S/C19H16Cl2N4O3/c1-3-28-19(27)11-7-8-14(22-10(11)2)18(26)23-16-9-15(24-25-16)12-5-4-6-13(20)17(12)21/h4-9H,3H2,1-2H3,(H2,23,24,25,26). The van der Waals surface area contributed by atoms with Gasteiger partial charge < -0.3 is 10.1 Å². The lowest BCUT2D eigenvalue weighted by Gasteiger charge is -2.07. The molecule has 1 amide bonds. The van der Waals surface area contributed by atoms with E-state index in [0.717, 1.165) is 0 Å². The number of nitrogens with zero attached hydrogens (tertiary/aromatic N) is 2. The zero-order chi connectivity index (χ0) is 20.3. The van der Waals surface area contributed by atoms with Crippen LogP contribution in [0.4, 0.5) is 5.82 Å². The van der Waals surface area contributed by atoms with Crippen LogP contribution in [0, 0.1) is 6.92 Å². The highest BCUT2D eigenvalue weighted by Gasteiger charge is 2.16. The summed E-state index contributed by atoms with van der Waals surface area (Å²) in [4.78, 5) is 28.5. The van der Waals surface area contributed by atoms with Gasteiger partial charge in [-0.25, -0.2) is 9.78 Å². The van der Waals surface area contributed by atoms with Crippen LogP contribution in [-0.4, -0.2) is 33.7 Å². The summed E-state index contributed by atoms with van der Waals surface area (Å²) in [5.41, 5.74) is 2.13. The van der Waals surface area contributed by atoms with Crippen LogP contribution >= 0.6 is 23.2 Å². The highest BCUT2D eigenvalue weighted by atomic mass is 35.5. The first-order valence-electron chi connectivity index (χ1n) is 8.36. The van der Waals surface area contributed by atoms with Crippen molar-refractivity contribution < 1.29 is 14.3 Å². The normalized spacial score (nSPS) is 10.6. The molecule has 0 aliphatic heterocycles. The van der Waals surface area contributed by atoms with Crippen molar-refractivity contribution in [3.63, 3.8) is 0 Å². The lowest BCUT2D eigenvalue weighted by atomic mass is 10.1. The molecule has 0 radical (unpaired) electrons. The summed E-state index contributed by atoms with van der Waals surface area (Å²) in [7, 11) is 0. The topological polar surface area (TPSA) is 97.0 Å². The third-order valence-electron chi connectivity index (χ3n) is 3.88. The Hall–Kier alpha value is -2.90. The van der Waals surface area contributed by atoms with Crippen LogP contribution in [0.1, 0.15) is 33.5 Å². The van der Waals surface area contributed by atoms with Crippen molar-refractivity contribution in [1.82, 2.24) is 15.2 Å². The Morgan fingerprint density at radius 2 is 2.00 bits per heavy atom. The van der Waals surface area contributed by atoms with E-state index in [1.54, 1.807) is 38.1 Å². The molecule has 2 heterocycles. The van der Waals surface area contributed by atoms with Gasteiger partial charge in [0.1, 0.15) is 5.69 Å². The summed E-state index contributed by atoms with van der Waals surface area (Å²) >= 11 is 12.2. The molecule has 28 heavy (non-hydrogen) atoms. The van der Waals surface area contributed by atoms with Crippen LogP contribution in [0.25, 0.3) is 11.3 Å². The number of halogens is 2. The van der Waals surface area contributed by atoms with Crippen LogP contribution in [-0.2, 0) is 4.74 Å². The number of hydrogen-bond donors (Lipinski definition) is 2. The molecule has 2 aromatic heterocycles. The number of esters is 1. The van der Waals surface area contributed by atoms with E-state index in [1.807, 2.05) is 0 Å². The number of aryl methyl sites for hydroxylation is 1.